The first-order chi connectivity index (χ1) is 12.0. The summed E-state index contributed by atoms with van der Waals surface area (Å²) in [5.41, 5.74) is 2.92. The zero-order chi connectivity index (χ0) is 17.9. The molecule has 0 aliphatic heterocycles. The Labute approximate surface area is 147 Å². The van der Waals surface area contributed by atoms with Crippen molar-refractivity contribution in [3.63, 3.8) is 0 Å². The summed E-state index contributed by atoms with van der Waals surface area (Å²) in [6.45, 7) is 4.06. The minimum absolute atomic E-state index is 0.186. The third kappa shape index (κ3) is 4.12. The Morgan fingerprint density at radius 1 is 1.00 bits per heavy atom. The van der Waals surface area contributed by atoms with Crippen molar-refractivity contribution in [3.05, 3.63) is 65.5 Å². The van der Waals surface area contributed by atoms with E-state index in [-0.39, 0.29) is 11.4 Å². The number of rotatable bonds is 6. The van der Waals surface area contributed by atoms with Gasteiger partial charge in [0, 0.05) is 18.5 Å². The van der Waals surface area contributed by atoms with E-state index in [1.165, 1.54) is 0 Å². The smallest absolute Gasteiger partial charge is 0.247 e. The van der Waals surface area contributed by atoms with Gasteiger partial charge >= 0.3 is 0 Å². The highest BCUT2D eigenvalue weighted by Crippen LogP contribution is 2.21. The minimum atomic E-state index is -3.54. The third-order valence-electron chi connectivity index (χ3n) is 3.80. The number of hydrogen-bond acceptors (Lipinski definition) is 5. The topological polar surface area (TPSA) is 85.1 Å². The summed E-state index contributed by atoms with van der Waals surface area (Å²) in [5.74, 6) is 0.833. The van der Waals surface area contributed by atoms with Gasteiger partial charge in [-0.3, -0.25) is 0 Å². The first-order valence-corrected chi connectivity index (χ1v) is 9.39. The van der Waals surface area contributed by atoms with Crippen LogP contribution < -0.4 is 4.72 Å². The van der Waals surface area contributed by atoms with E-state index in [2.05, 4.69) is 14.9 Å². The van der Waals surface area contributed by atoms with Crippen molar-refractivity contribution in [2.75, 3.05) is 6.54 Å². The van der Waals surface area contributed by atoms with Crippen LogP contribution in [0.4, 0.5) is 0 Å². The second-order valence-electron chi connectivity index (χ2n) is 5.78. The number of aromatic nitrogens is 2. The molecule has 3 rings (SSSR count). The Morgan fingerprint density at radius 2 is 1.72 bits per heavy atom. The number of nitrogens with zero attached hydrogens (tertiary/aromatic N) is 2. The van der Waals surface area contributed by atoms with Crippen LogP contribution in [0.15, 0.2) is 57.8 Å². The van der Waals surface area contributed by atoms with E-state index in [0.29, 0.717) is 18.2 Å². The highest BCUT2D eigenvalue weighted by atomic mass is 32.2. The number of hydrogen-bond donors (Lipinski definition) is 1. The lowest BCUT2D eigenvalue weighted by atomic mass is 10.1. The molecule has 7 heteroatoms. The zero-order valence-corrected chi connectivity index (χ0v) is 14.9. The largest absolute Gasteiger partial charge is 0.421 e. The van der Waals surface area contributed by atoms with E-state index in [0.717, 1.165) is 16.7 Å². The van der Waals surface area contributed by atoms with Crippen LogP contribution >= 0.6 is 0 Å². The van der Waals surface area contributed by atoms with Crippen molar-refractivity contribution < 1.29 is 12.8 Å². The van der Waals surface area contributed by atoms with Crippen molar-refractivity contribution in [3.8, 4) is 11.5 Å². The van der Waals surface area contributed by atoms with Gasteiger partial charge in [0.25, 0.3) is 0 Å². The summed E-state index contributed by atoms with van der Waals surface area (Å²) in [7, 11) is -3.54. The monoisotopic (exact) mass is 357 g/mol. The van der Waals surface area contributed by atoms with Crippen LogP contribution in [0.5, 0.6) is 0 Å². The molecule has 0 radical (unpaired) electrons. The Kier molecular flexibility index (Phi) is 4.96. The molecule has 2 aromatic carbocycles. The summed E-state index contributed by atoms with van der Waals surface area (Å²) in [5, 5.41) is 8.02. The predicted molar refractivity (Wildman–Crippen MR) is 94.5 cm³/mol. The van der Waals surface area contributed by atoms with E-state index >= 15 is 0 Å². The first-order valence-electron chi connectivity index (χ1n) is 7.90. The van der Waals surface area contributed by atoms with E-state index in [9.17, 15) is 8.42 Å². The van der Waals surface area contributed by atoms with E-state index in [1.807, 2.05) is 38.1 Å². The highest BCUT2D eigenvalue weighted by Gasteiger charge is 2.15. The summed E-state index contributed by atoms with van der Waals surface area (Å²) < 4.78 is 32.6. The molecule has 0 aliphatic rings. The SMILES string of the molecule is Cc1ccc(S(=O)(=O)NCCc2nnc(-c3ccccc3C)o2)cc1. The number of aryl methyl sites for hydroxylation is 2. The Hall–Kier alpha value is -2.51. The molecular formula is C18H19N3O3S. The number of benzene rings is 2. The zero-order valence-electron chi connectivity index (χ0n) is 14.1. The van der Waals surface area contributed by atoms with Crippen LogP contribution in [0.3, 0.4) is 0 Å². The summed E-state index contributed by atoms with van der Waals surface area (Å²) in [6.07, 6.45) is 0.323. The molecular weight excluding hydrogens is 338 g/mol. The van der Waals surface area contributed by atoms with Gasteiger partial charge in [0.2, 0.25) is 21.8 Å². The normalized spacial score (nSPS) is 11.6. The molecule has 130 valence electrons. The summed E-state index contributed by atoms with van der Waals surface area (Å²) >= 11 is 0. The van der Waals surface area contributed by atoms with Crippen molar-refractivity contribution in [2.24, 2.45) is 0 Å². The van der Waals surface area contributed by atoms with Gasteiger partial charge < -0.3 is 4.42 Å². The molecule has 0 bridgehead atoms. The maximum atomic E-state index is 12.2. The lowest BCUT2D eigenvalue weighted by Gasteiger charge is -2.05. The second kappa shape index (κ2) is 7.16. The molecule has 25 heavy (non-hydrogen) atoms. The van der Waals surface area contributed by atoms with Crippen LogP contribution in [-0.4, -0.2) is 25.2 Å². The first kappa shape index (κ1) is 17.3. The van der Waals surface area contributed by atoms with Gasteiger partial charge in [0.05, 0.1) is 4.90 Å². The standard InChI is InChI=1S/C18H19N3O3S/c1-13-7-9-15(10-8-13)25(22,23)19-12-11-17-20-21-18(24-17)16-6-4-3-5-14(16)2/h3-10,19H,11-12H2,1-2H3. The van der Waals surface area contributed by atoms with Gasteiger partial charge in [-0.2, -0.15) is 0 Å². The fraction of sp³-hybridized carbons (Fsp3) is 0.222. The Bertz CT molecular complexity index is 963. The summed E-state index contributed by atoms with van der Waals surface area (Å²) in [6, 6.07) is 14.4. The second-order valence-corrected chi connectivity index (χ2v) is 7.54. The van der Waals surface area contributed by atoms with Crippen molar-refractivity contribution >= 4 is 10.0 Å². The van der Waals surface area contributed by atoms with Crippen molar-refractivity contribution in [2.45, 2.75) is 25.2 Å². The minimum Gasteiger partial charge on any atom is -0.421 e. The predicted octanol–water partition coefficient (Wildman–Crippen LogP) is 2.87. The number of nitrogens with one attached hydrogen (secondary N) is 1. The molecule has 0 spiro atoms. The average Bonchev–Trinajstić information content (AvgIpc) is 3.04. The van der Waals surface area contributed by atoms with Crippen molar-refractivity contribution in [1.82, 2.24) is 14.9 Å². The molecule has 0 unspecified atom stereocenters. The molecule has 1 aromatic heterocycles. The molecule has 0 atom stereocenters. The van der Waals surface area contributed by atoms with Gasteiger partial charge in [-0.25, -0.2) is 13.1 Å². The van der Waals surface area contributed by atoms with Crippen LogP contribution in [0.2, 0.25) is 0 Å². The van der Waals surface area contributed by atoms with Gasteiger partial charge in [0.1, 0.15) is 0 Å². The number of sulfonamides is 1. The molecule has 3 aromatic rings. The van der Waals surface area contributed by atoms with E-state index in [1.54, 1.807) is 24.3 Å². The van der Waals surface area contributed by atoms with Crippen LogP contribution in [0, 0.1) is 13.8 Å². The highest BCUT2D eigenvalue weighted by molar-refractivity contribution is 7.89. The molecule has 0 amide bonds. The van der Waals surface area contributed by atoms with Crippen LogP contribution in [0.25, 0.3) is 11.5 Å². The maximum Gasteiger partial charge on any atom is 0.247 e. The molecule has 0 aliphatic carbocycles. The van der Waals surface area contributed by atoms with Gasteiger partial charge in [-0.05, 0) is 37.6 Å². The summed E-state index contributed by atoms with van der Waals surface area (Å²) in [4.78, 5) is 0.240. The third-order valence-corrected chi connectivity index (χ3v) is 5.28. The average molecular weight is 357 g/mol. The molecule has 6 nitrogen and oxygen atoms in total. The van der Waals surface area contributed by atoms with Crippen molar-refractivity contribution in [1.29, 1.82) is 0 Å². The Morgan fingerprint density at radius 3 is 2.44 bits per heavy atom. The maximum absolute atomic E-state index is 12.2. The molecule has 0 saturated heterocycles. The van der Waals surface area contributed by atoms with Gasteiger partial charge in [-0.1, -0.05) is 35.9 Å². The fourth-order valence-electron chi connectivity index (χ4n) is 2.37. The lowest BCUT2D eigenvalue weighted by Crippen LogP contribution is -2.26. The molecule has 0 saturated carbocycles. The molecule has 1 N–H and O–H groups in total. The van der Waals surface area contributed by atoms with Gasteiger partial charge in [-0.15, -0.1) is 10.2 Å². The Balaban J connectivity index is 1.63. The van der Waals surface area contributed by atoms with Crippen LogP contribution in [0.1, 0.15) is 17.0 Å². The molecule has 1 heterocycles. The lowest BCUT2D eigenvalue weighted by molar-refractivity contribution is 0.501. The van der Waals surface area contributed by atoms with E-state index in [4.69, 9.17) is 4.42 Å². The quantitative estimate of drug-likeness (QED) is 0.733. The van der Waals surface area contributed by atoms with Gasteiger partial charge in [0.15, 0.2) is 0 Å². The molecule has 0 fully saturated rings. The van der Waals surface area contributed by atoms with Crippen LogP contribution in [-0.2, 0) is 16.4 Å². The fourth-order valence-corrected chi connectivity index (χ4v) is 3.40. The van der Waals surface area contributed by atoms with E-state index < -0.39 is 10.0 Å².